The van der Waals surface area contributed by atoms with Crippen LogP contribution < -0.4 is 15.4 Å². The number of nitrogens with one attached hydrogen (secondary N) is 1. The lowest BCUT2D eigenvalue weighted by Crippen LogP contribution is -2.04. The molecule has 0 aliphatic heterocycles. The number of rotatable bonds is 6. The van der Waals surface area contributed by atoms with Gasteiger partial charge in [-0.2, -0.15) is 0 Å². The van der Waals surface area contributed by atoms with Crippen molar-refractivity contribution in [3.8, 4) is 11.5 Å². The third-order valence-corrected chi connectivity index (χ3v) is 8.73. The van der Waals surface area contributed by atoms with Gasteiger partial charge in [0.15, 0.2) is 0 Å². The second-order valence-corrected chi connectivity index (χ2v) is 10.5. The summed E-state index contributed by atoms with van der Waals surface area (Å²) >= 11 is 0. The molecule has 0 aliphatic carbocycles. The zero-order chi connectivity index (χ0) is 17.6. The average Bonchev–Trinajstić information content (AvgIpc) is 2.68. The van der Waals surface area contributed by atoms with Gasteiger partial charge in [-0.3, -0.25) is 0 Å². The van der Waals surface area contributed by atoms with Gasteiger partial charge in [0, 0.05) is 24.8 Å². The minimum Gasteiger partial charge on any atom is -0.457 e. The molecule has 0 heterocycles. The number of ether oxygens (including phenoxy) is 1. The van der Waals surface area contributed by atoms with Gasteiger partial charge >= 0.3 is 0 Å². The number of anilines is 1. The van der Waals surface area contributed by atoms with Gasteiger partial charge < -0.3 is 10.1 Å². The Morgan fingerprint density at radius 2 is 1.44 bits per heavy atom. The van der Waals surface area contributed by atoms with E-state index in [2.05, 4.69) is 5.32 Å². The van der Waals surface area contributed by atoms with E-state index in [1.807, 2.05) is 92.6 Å². The first-order valence-electron chi connectivity index (χ1n) is 7.94. The van der Waals surface area contributed by atoms with Gasteiger partial charge in [-0.05, 0) is 60.5 Å². The fraction of sp³-hybridized carbons (Fsp3) is 0.100. The molecule has 3 aromatic rings. The van der Waals surface area contributed by atoms with E-state index in [9.17, 15) is 4.21 Å². The highest BCUT2D eigenvalue weighted by atomic mass is 32.7. The summed E-state index contributed by atoms with van der Waals surface area (Å²) < 4.78 is 18.6. The lowest BCUT2D eigenvalue weighted by molar-refractivity contribution is 0.482. The molecule has 1 N–H and O–H groups in total. The van der Waals surface area contributed by atoms with Crippen molar-refractivity contribution in [1.82, 2.24) is 0 Å². The summed E-state index contributed by atoms with van der Waals surface area (Å²) in [7, 11) is 0.0516. The van der Waals surface area contributed by atoms with Crippen LogP contribution in [0.1, 0.15) is 0 Å². The van der Waals surface area contributed by atoms with Crippen molar-refractivity contribution in [2.45, 2.75) is 4.90 Å². The van der Waals surface area contributed by atoms with E-state index in [1.54, 1.807) is 0 Å². The second kappa shape index (κ2) is 8.28. The van der Waals surface area contributed by atoms with E-state index in [4.69, 9.17) is 4.74 Å². The van der Waals surface area contributed by atoms with Crippen molar-refractivity contribution in [1.29, 1.82) is 0 Å². The second-order valence-electron chi connectivity index (χ2n) is 5.43. The molecule has 0 radical (unpaired) electrons. The maximum atomic E-state index is 12.9. The predicted molar refractivity (Wildman–Crippen MR) is 108 cm³/mol. The molecule has 128 valence electrons. The highest BCUT2D eigenvalue weighted by Gasteiger charge is 2.15. The van der Waals surface area contributed by atoms with Crippen LogP contribution in [0.5, 0.6) is 11.5 Å². The maximum absolute atomic E-state index is 12.9. The smallest absolute Gasteiger partial charge is 0.127 e. The summed E-state index contributed by atoms with van der Waals surface area (Å²) in [5, 5.41) is 4.22. The highest BCUT2D eigenvalue weighted by Crippen LogP contribution is 2.39. The van der Waals surface area contributed by atoms with Crippen LogP contribution in [-0.2, 0) is 10.4 Å². The molecule has 0 aliphatic rings. The molecular formula is C20H20NO2PS. The summed E-state index contributed by atoms with van der Waals surface area (Å²) in [5.41, 5.74) is 1.06. The molecule has 0 bridgehead atoms. The van der Waals surface area contributed by atoms with Crippen molar-refractivity contribution in [3.05, 3.63) is 78.9 Å². The van der Waals surface area contributed by atoms with Crippen molar-refractivity contribution >= 4 is 28.5 Å². The third-order valence-electron chi connectivity index (χ3n) is 3.77. The van der Waals surface area contributed by atoms with E-state index in [0.717, 1.165) is 27.4 Å². The van der Waals surface area contributed by atoms with Crippen molar-refractivity contribution in [2.24, 2.45) is 0 Å². The van der Waals surface area contributed by atoms with Gasteiger partial charge in [0.05, 0.1) is 10.4 Å². The molecule has 2 unspecified atom stereocenters. The van der Waals surface area contributed by atoms with Crippen molar-refractivity contribution in [2.75, 3.05) is 19.0 Å². The van der Waals surface area contributed by atoms with Gasteiger partial charge in [-0.1, -0.05) is 30.3 Å². The average molecular weight is 369 g/mol. The monoisotopic (exact) mass is 369 g/mol. The lowest BCUT2D eigenvalue weighted by atomic mass is 10.3. The van der Waals surface area contributed by atoms with Gasteiger partial charge in [-0.15, -0.1) is 0 Å². The fourth-order valence-corrected chi connectivity index (χ4v) is 6.04. The van der Waals surface area contributed by atoms with Crippen molar-refractivity contribution < 1.29 is 8.95 Å². The SMILES string of the molecule is CNc1ccc(P(C)S(=O)c2ccc(Oc3ccccc3)cc2)cc1. The highest BCUT2D eigenvalue weighted by molar-refractivity contribution is 8.48. The Balaban J connectivity index is 1.71. The number of hydrogen-bond acceptors (Lipinski definition) is 3. The Labute approximate surface area is 152 Å². The van der Waals surface area contributed by atoms with Crippen LogP contribution in [0.2, 0.25) is 0 Å². The molecule has 5 heteroatoms. The van der Waals surface area contributed by atoms with Crippen LogP contribution in [0.15, 0.2) is 83.8 Å². The first-order chi connectivity index (χ1) is 12.2. The van der Waals surface area contributed by atoms with E-state index >= 15 is 0 Å². The summed E-state index contributed by atoms with van der Waals surface area (Å²) in [6.45, 7) is 2.05. The van der Waals surface area contributed by atoms with Crippen LogP contribution in [0.4, 0.5) is 5.69 Å². The van der Waals surface area contributed by atoms with Gasteiger partial charge in [0.25, 0.3) is 0 Å². The molecule has 3 aromatic carbocycles. The molecule has 0 fully saturated rings. The fourth-order valence-electron chi connectivity index (χ4n) is 2.34. The van der Waals surface area contributed by atoms with Crippen LogP contribution in [-0.4, -0.2) is 17.9 Å². The first-order valence-corrected chi connectivity index (χ1v) is 11.5. The van der Waals surface area contributed by atoms with Gasteiger partial charge in [-0.25, -0.2) is 4.21 Å². The quantitative estimate of drug-likeness (QED) is 0.623. The Hall–Kier alpha value is -2.16. The number of para-hydroxylation sites is 1. The molecule has 0 saturated carbocycles. The Bertz CT molecular complexity index is 836. The normalized spacial score (nSPS) is 13.0. The zero-order valence-electron chi connectivity index (χ0n) is 14.2. The summed E-state index contributed by atoms with van der Waals surface area (Å²) in [6, 6.07) is 25.3. The third kappa shape index (κ3) is 4.47. The van der Waals surface area contributed by atoms with E-state index in [-0.39, 0.29) is 0 Å². The maximum Gasteiger partial charge on any atom is 0.127 e. The minimum atomic E-state index is -1.05. The largest absolute Gasteiger partial charge is 0.457 e. The van der Waals surface area contributed by atoms with Crippen LogP contribution in [0.25, 0.3) is 0 Å². The molecule has 25 heavy (non-hydrogen) atoms. The molecule has 0 aromatic heterocycles. The molecule has 3 nitrogen and oxygen atoms in total. The first kappa shape index (κ1) is 17.7. The zero-order valence-corrected chi connectivity index (χ0v) is 15.9. The standard InChI is InChI=1S/C20H20NO2PS/c1-21-16-8-12-19(13-9-16)24(2)25(22)20-14-10-18(11-15-20)23-17-6-4-3-5-7-17/h3-15,21H,1-2H3. The molecule has 0 spiro atoms. The molecular weight excluding hydrogens is 349 g/mol. The number of benzene rings is 3. The predicted octanol–water partition coefficient (Wildman–Crippen LogP) is 4.98. The Morgan fingerprint density at radius 3 is 2.04 bits per heavy atom. The lowest BCUT2D eigenvalue weighted by Gasteiger charge is -2.13. The minimum absolute atomic E-state index is 0.741. The van der Waals surface area contributed by atoms with Crippen LogP contribution in [0.3, 0.4) is 0 Å². The van der Waals surface area contributed by atoms with Crippen LogP contribution >= 0.6 is 7.12 Å². The van der Waals surface area contributed by atoms with E-state index in [1.165, 1.54) is 0 Å². The molecule has 0 saturated heterocycles. The van der Waals surface area contributed by atoms with Gasteiger partial charge in [0.1, 0.15) is 11.5 Å². The number of hydrogen-bond donors (Lipinski definition) is 1. The van der Waals surface area contributed by atoms with Crippen molar-refractivity contribution in [3.63, 3.8) is 0 Å². The Kier molecular flexibility index (Phi) is 5.85. The summed E-state index contributed by atoms with van der Waals surface area (Å²) in [4.78, 5) is 0.826. The van der Waals surface area contributed by atoms with E-state index in [0.29, 0.717) is 0 Å². The topological polar surface area (TPSA) is 38.3 Å². The summed E-state index contributed by atoms with van der Waals surface area (Å²) in [6.07, 6.45) is 0. The Morgan fingerprint density at radius 1 is 0.840 bits per heavy atom. The van der Waals surface area contributed by atoms with Gasteiger partial charge in [0.2, 0.25) is 0 Å². The molecule has 0 amide bonds. The molecule has 2 atom stereocenters. The summed E-state index contributed by atoms with van der Waals surface area (Å²) in [5.74, 6) is 1.53. The molecule has 3 rings (SSSR count). The van der Waals surface area contributed by atoms with Crippen LogP contribution in [0, 0.1) is 0 Å². The van der Waals surface area contributed by atoms with E-state index < -0.39 is 17.5 Å².